The van der Waals surface area contributed by atoms with Gasteiger partial charge in [0.2, 0.25) is 0 Å². The van der Waals surface area contributed by atoms with Gasteiger partial charge in [-0.3, -0.25) is 0 Å². The average Bonchev–Trinajstić information content (AvgIpc) is 1.37. The summed E-state index contributed by atoms with van der Waals surface area (Å²) < 4.78 is 0. The Labute approximate surface area is 66.7 Å². The molecule has 0 fully saturated rings. The van der Waals surface area contributed by atoms with Gasteiger partial charge in [0.05, 0.1) is 0 Å². The van der Waals surface area contributed by atoms with E-state index in [1.54, 1.807) is 0 Å². The molecule has 0 aromatic heterocycles. The molecule has 0 saturated heterocycles. The van der Waals surface area contributed by atoms with E-state index < -0.39 is 0 Å². The van der Waals surface area contributed by atoms with Gasteiger partial charge in [-0.15, -0.1) is 0 Å². The average molecular weight is 72.0 g/mol. The second-order valence-corrected chi connectivity index (χ2v) is 0.667. The van der Waals surface area contributed by atoms with Gasteiger partial charge in [0.25, 0.3) is 0 Å². The van der Waals surface area contributed by atoms with Crippen LogP contribution in [-0.2, 0) is 0 Å². The number of hydrogen-bond acceptors (Lipinski definition) is 0. The number of allylic oxidation sites excluding steroid dienone is 2. The molecular formula is C4H10Li2. The Balaban J connectivity index is -0.00000000750. The van der Waals surface area contributed by atoms with Crippen LogP contribution in [0, 0.1) is 0 Å². The largest absolute Gasteiger partial charge is 1.00 e. The molecule has 0 aliphatic carbocycles. The molecular weight excluding hydrogens is 61.9 g/mol. The van der Waals surface area contributed by atoms with Crippen LogP contribution in [0.3, 0.4) is 0 Å². The fraction of sp³-hybridized carbons (Fsp3) is 0.500. The summed E-state index contributed by atoms with van der Waals surface area (Å²) >= 11 is 0. The summed E-state index contributed by atoms with van der Waals surface area (Å²) in [6.07, 6.45) is 4.00. The summed E-state index contributed by atoms with van der Waals surface area (Å²) in [5, 5.41) is 0. The normalized spacial score (nSPS) is 6.33. The standard InChI is InChI=1S/C4H8.2Li.2H/c1-3-4-2;;;;/h3-4H,1-2H3;;;;/q;2*+1;2*-1. The van der Waals surface area contributed by atoms with Crippen molar-refractivity contribution in [1.82, 2.24) is 0 Å². The number of rotatable bonds is 0. The quantitative estimate of drug-likeness (QED) is 0.201. The van der Waals surface area contributed by atoms with Crippen molar-refractivity contribution in [1.29, 1.82) is 0 Å². The van der Waals surface area contributed by atoms with Crippen LogP contribution in [0.25, 0.3) is 0 Å². The van der Waals surface area contributed by atoms with Crippen molar-refractivity contribution in [3.63, 3.8) is 0 Å². The fourth-order valence-corrected chi connectivity index (χ4v) is 0. The summed E-state index contributed by atoms with van der Waals surface area (Å²) in [5.74, 6) is 0. The second-order valence-electron chi connectivity index (χ2n) is 0.667. The summed E-state index contributed by atoms with van der Waals surface area (Å²) in [4.78, 5) is 0. The van der Waals surface area contributed by atoms with E-state index in [0.717, 1.165) is 0 Å². The molecule has 0 aliphatic heterocycles. The van der Waals surface area contributed by atoms with Crippen LogP contribution in [-0.4, -0.2) is 0 Å². The molecule has 0 aromatic carbocycles. The van der Waals surface area contributed by atoms with Gasteiger partial charge in [-0.05, 0) is 13.8 Å². The van der Waals surface area contributed by atoms with Crippen LogP contribution in [0.1, 0.15) is 16.7 Å². The molecule has 0 heterocycles. The first-order valence-electron chi connectivity index (χ1n) is 1.49. The molecule has 0 rings (SSSR count). The minimum atomic E-state index is 0. The minimum Gasteiger partial charge on any atom is -1.00 e. The zero-order valence-corrected chi connectivity index (χ0v) is 5.15. The first-order valence-corrected chi connectivity index (χ1v) is 1.49. The maximum absolute atomic E-state index is 2.00. The van der Waals surface area contributed by atoms with Crippen molar-refractivity contribution in [2.45, 2.75) is 13.8 Å². The van der Waals surface area contributed by atoms with E-state index in [2.05, 4.69) is 0 Å². The van der Waals surface area contributed by atoms with Gasteiger partial charge < -0.3 is 2.85 Å². The Morgan fingerprint density at radius 1 is 1.00 bits per heavy atom. The molecule has 6 heavy (non-hydrogen) atoms. The molecule has 0 unspecified atom stereocenters. The predicted octanol–water partition coefficient (Wildman–Crippen LogP) is -4.18. The van der Waals surface area contributed by atoms with E-state index in [4.69, 9.17) is 0 Å². The first kappa shape index (κ1) is 15.8. The van der Waals surface area contributed by atoms with E-state index in [0.29, 0.717) is 0 Å². The molecule has 0 saturated carbocycles. The topological polar surface area (TPSA) is 0 Å². The van der Waals surface area contributed by atoms with Gasteiger partial charge in [0, 0.05) is 0 Å². The molecule has 0 aliphatic rings. The summed E-state index contributed by atoms with van der Waals surface area (Å²) in [6.45, 7) is 4.00. The van der Waals surface area contributed by atoms with Crippen LogP contribution in [0.4, 0.5) is 0 Å². The molecule has 0 nitrogen and oxygen atoms in total. The smallest absolute Gasteiger partial charge is 1.00 e. The van der Waals surface area contributed by atoms with E-state index in [1.807, 2.05) is 26.0 Å². The third kappa shape index (κ3) is 20.4. The predicted molar refractivity (Wildman–Crippen MR) is 22.7 cm³/mol. The van der Waals surface area contributed by atoms with E-state index in [1.165, 1.54) is 0 Å². The molecule has 0 spiro atoms. The zero-order chi connectivity index (χ0) is 3.41. The Hall–Kier alpha value is 0.935. The molecule has 0 N–H and O–H groups in total. The van der Waals surface area contributed by atoms with Crippen LogP contribution < -0.4 is 37.7 Å². The van der Waals surface area contributed by atoms with Crippen LogP contribution in [0.2, 0.25) is 0 Å². The molecule has 28 valence electrons. The molecule has 0 aromatic rings. The van der Waals surface area contributed by atoms with Crippen molar-refractivity contribution in [3.05, 3.63) is 12.2 Å². The maximum atomic E-state index is 2.00. The van der Waals surface area contributed by atoms with E-state index in [-0.39, 0.29) is 40.6 Å². The van der Waals surface area contributed by atoms with Gasteiger partial charge in [-0.2, -0.15) is 0 Å². The van der Waals surface area contributed by atoms with Crippen molar-refractivity contribution in [2.75, 3.05) is 0 Å². The Kier molecular flexibility index (Phi) is 44.1. The van der Waals surface area contributed by atoms with Crippen LogP contribution in [0.15, 0.2) is 12.2 Å². The van der Waals surface area contributed by atoms with Crippen LogP contribution >= 0.6 is 0 Å². The van der Waals surface area contributed by atoms with E-state index in [9.17, 15) is 0 Å². The Morgan fingerprint density at radius 2 is 1.17 bits per heavy atom. The van der Waals surface area contributed by atoms with Gasteiger partial charge >= 0.3 is 37.7 Å². The van der Waals surface area contributed by atoms with Gasteiger partial charge in [-0.25, -0.2) is 0 Å². The van der Waals surface area contributed by atoms with Crippen molar-refractivity contribution in [3.8, 4) is 0 Å². The third-order valence-electron chi connectivity index (χ3n) is 0.333. The minimum absolute atomic E-state index is 0. The molecule has 0 radical (unpaired) electrons. The van der Waals surface area contributed by atoms with Crippen molar-refractivity contribution >= 4 is 0 Å². The summed E-state index contributed by atoms with van der Waals surface area (Å²) in [5.41, 5.74) is 0. The van der Waals surface area contributed by atoms with Gasteiger partial charge in [0.15, 0.2) is 0 Å². The monoisotopic (exact) mass is 72.1 g/mol. The zero-order valence-electron chi connectivity index (χ0n) is 7.15. The van der Waals surface area contributed by atoms with Crippen molar-refractivity contribution < 1.29 is 40.6 Å². The molecule has 2 heteroatoms. The molecule has 0 bridgehead atoms. The van der Waals surface area contributed by atoms with Gasteiger partial charge in [0.1, 0.15) is 0 Å². The second kappa shape index (κ2) is 16.8. The molecule has 0 atom stereocenters. The fourth-order valence-electron chi connectivity index (χ4n) is 0. The van der Waals surface area contributed by atoms with Crippen LogP contribution in [0.5, 0.6) is 0 Å². The number of hydrogen-bond donors (Lipinski definition) is 0. The van der Waals surface area contributed by atoms with Gasteiger partial charge in [-0.1, -0.05) is 12.2 Å². The summed E-state index contributed by atoms with van der Waals surface area (Å²) in [7, 11) is 0. The Morgan fingerprint density at radius 3 is 1.17 bits per heavy atom. The SMILES string of the molecule is CC=CC.[H-].[H-].[Li+].[Li+]. The summed E-state index contributed by atoms with van der Waals surface area (Å²) in [6, 6.07) is 0. The maximum Gasteiger partial charge on any atom is 1.00 e. The molecule has 0 amide bonds. The third-order valence-corrected chi connectivity index (χ3v) is 0.333. The van der Waals surface area contributed by atoms with E-state index >= 15 is 0 Å². The van der Waals surface area contributed by atoms with Crippen molar-refractivity contribution in [2.24, 2.45) is 0 Å². The first-order chi connectivity index (χ1) is 1.91. The Bertz CT molecular complexity index is 27.2.